The first kappa shape index (κ1) is 14.3. The van der Waals surface area contributed by atoms with Crippen LogP contribution in [0, 0.1) is 0 Å². The fourth-order valence-electron chi connectivity index (χ4n) is 1.57. The maximum Gasteiger partial charge on any atom is 0.278 e. The number of nitrogens with zero attached hydrogens (tertiary/aromatic N) is 3. The van der Waals surface area contributed by atoms with Gasteiger partial charge in [0.05, 0.1) is 12.7 Å². The summed E-state index contributed by atoms with van der Waals surface area (Å²) >= 11 is 1.08. The van der Waals surface area contributed by atoms with E-state index in [-0.39, 0.29) is 11.1 Å². The van der Waals surface area contributed by atoms with Crippen molar-refractivity contribution in [2.45, 2.75) is 13.0 Å². The lowest BCUT2D eigenvalue weighted by atomic mass is 10.4. The normalized spacial score (nSPS) is 12.1. The zero-order valence-electron chi connectivity index (χ0n) is 9.81. The van der Waals surface area contributed by atoms with Crippen LogP contribution in [0.4, 0.5) is 0 Å². The van der Waals surface area contributed by atoms with Crippen LogP contribution in [-0.4, -0.2) is 30.8 Å². The predicted molar refractivity (Wildman–Crippen MR) is 67.7 cm³/mol. The number of aryl methyl sites for hydroxylation is 1. The van der Waals surface area contributed by atoms with Crippen LogP contribution in [-0.2, 0) is 11.1 Å². The van der Waals surface area contributed by atoms with Gasteiger partial charge < -0.3 is 23.9 Å². The molecule has 104 valence electrons. The van der Waals surface area contributed by atoms with Crippen molar-refractivity contribution in [2.24, 2.45) is 0 Å². The van der Waals surface area contributed by atoms with E-state index < -0.39 is 13.1 Å². The average Bonchev–Trinajstić information content (AvgIpc) is 2.72. The third-order valence-corrected chi connectivity index (χ3v) is 4.92. The topological polar surface area (TPSA) is 127 Å². The fourth-order valence-corrected chi connectivity index (χ4v) is 3.31. The Morgan fingerprint density at radius 2 is 2.21 bits per heavy atom. The van der Waals surface area contributed by atoms with Crippen molar-refractivity contribution in [1.29, 1.82) is 0 Å². The Bertz CT molecular complexity index is 664. The zero-order chi connectivity index (χ0) is 13.9. The van der Waals surface area contributed by atoms with Crippen LogP contribution in [0.2, 0.25) is 0 Å². The van der Waals surface area contributed by atoms with Crippen molar-refractivity contribution in [3.63, 3.8) is 0 Å². The third-order valence-electron chi connectivity index (χ3n) is 2.34. The van der Waals surface area contributed by atoms with Crippen molar-refractivity contribution in [3.8, 4) is 0 Å². The summed E-state index contributed by atoms with van der Waals surface area (Å²) in [7, 11) is -4.43. The minimum atomic E-state index is -4.43. The molecule has 0 saturated carbocycles. The number of thioether (sulfide) groups is 1. The van der Waals surface area contributed by atoms with E-state index in [0.717, 1.165) is 11.8 Å². The largest absolute Gasteiger partial charge is 0.810 e. The molecule has 0 aliphatic rings. The summed E-state index contributed by atoms with van der Waals surface area (Å²) in [5.41, 5.74) is 0.0814. The first-order chi connectivity index (χ1) is 8.97. The van der Waals surface area contributed by atoms with Crippen LogP contribution >= 0.6 is 19.4 Å². The molecule has 0 aliphatic heterocycles. The van der Waals surface area contributed by atoms with Crippen molar-refractivity contribution in [3.05, 3.63) is 23.0 Å². The number of fused-ring (bicyclic) bond motifs is 1. The number of H-pyrrole nitrogens is 1. The quantitative estimate of drug-likeness (QED) is 0.542. The average molecular weight is 302 g/mol. The molecule has 0 saturated heterocycles. The Labute approximate surface area is 112 Å². The summed E-state index contributed by atoms with van der Waals surface area (Å²) in [6.45, 7) is 0.558. The lowest BCUT2D eigenvalue weighted by Crippen LogP contribution is -2.15. The lowest BCUT2D eigenvalue weighted by Gasteiger charge is -2.28. The number of rotatable bonds is 6. The Hall–Kier alpha value is -1.15. The highest BCUT2D eigenvalue weighted by molar-refractivity contribution is 8.04. The second kappa shape index (κ2) is 5.87. The Morgan fingerprint density at radius 1 is 1.42 bits per heavy atom. The number of hydrogen-bond donors (Lipinski definition) is 1. The van der Waals surface area contributed by atoms with Gasteiger partial charge in [-0.1, -0.05) is 7.60 Å². The minimum Gasteiger partial charge on any atom is -0.810 e. The Morgan fingerprint density at radius 3 is 2.95 bits per heavy atom. The van der Waals surface area contributed by atoms with Gasteiger partial charge in [-0.15, -0.1) is 0 Å². The highest BCUT2D eigenvalue weighted by Crippen LogP contribution is 2.29. The maximum atomic E-state index is 11.4. The van der Waals surface area contributed by atoms with E-state index in [2.05, 4.69) is 15.0 Å². The first-order valence-corrected chi connectivity index (χ1v) is 8.33. The molecule has 0 aliphatic carbocycles. The lowest BCUT2D eigenvalue weighted by molar-refractivity contribution is -0.311. The molecule has 0 aromatic carbocycles. The monoisotopic (exact) mass is 302 g/mol. The molecule has 0 amide bonds. The molecule has 10 heteroatoms. The molecule has 2 aromatic heterocycles. The van der Waals surface area contributed by atoms with E-state index >= 15 is 0 Å². The highest BCUT2D eigenvalue weighted by Gasteiger charge is 2.06. The number of hydrogen-bond acceptors (Lipinski definition) is 7. The van der Waals surface area contributed by atoms with Gasteiger partial charge in [-0.2, -0.15) is 11.8 Å². The number of imidazole rings is 1. The molecular weight excluding hydrogens is 291 g/mol. The van der Waals surface area contributed by atoms with Crippen LogP contribution in [0.5, 0.6) is 0 Å². The molecular formula is C9H11N4O4PS-2. The second-order valence-corrected chi connectivity index (χ2v) is 6.91. The highest BCUT2D eigenvalue weighted by atomic mass is 32.2. The molecule has 0 fully saturated rings. The van der Waals surface area contributed by atoms with Crippen molar-refractivity contribution >= 4 is 30.5 Å². The fraction of sp³-hybridized carbons (Fsp3) is 0.444. The van der Waals surface area contributed by atoms with Gasteiger partial charge in [-0.3, -0.25) is 4.79 Å². The zero-order valence-corrected chi connectivity index (χ0v) is 11.5. The van der Waals surface area contributed by atoms with Gasteiger partial charge in [-0.05, 0) is 12.2 Å². The Balaban J connectivity index is 1.91. The summed E-state index contributed by atoms with van der Waals surface area (Å²) in [5.74, 6) is 0.539. The number of nitrogens with one attached hydrogen (secondary N) is 1. The summed E-state index contributed by atoms with van der Waals surface area (Å²) in [5, 5.41) is 0. The van der Waals surface area contributed by atoms with Crippen LogP contribution in [0.1, 0.15) is 6.42 Å². The summed E-state index contributed by atoms with van der Waals surface area (Å²) in [6, 6.07) is 0. The van der Waals surface area contributed by atoms with E-state index in [1.54, 1.807) is 4.57 Å². The standard InChI is InChI=1S/C9H13N4O4PS/c14-9-7-8(10-4-11-9)13(5-12-7)2-1-3-19-6-18(15,16)17/h4-5H,1-3,6H2,(H,10,11,14)(H2,15,16,17)/p-2. The van der Waals surface area contributed by atoms with E-state index in [1.807, 2.05) is 0 Å². The van der Waals surface area contributed by atoms with Crippen LogP contribution < -0.4 is 15.3 Å². The molecule has 1 N–H and O–H groups in total. The molecule has 0 spiro atoms. The first-order valence-electron chi connectivity index (χ1n) is 5.45. The molecule has 8 nitrogen and oxygen atoms in total. The molecule has 2 rings (SSSR count). The predicted octanol–water partition coefficient (Wildman–Crippen LogP) is -0.886. The van der Waals surface area contributed by atoms with Crippen molar-refractivity contribution in [1.82, 2.24) is 19.5 Å². The number of aromatic nitrogens is 4. The van der Waals surface area contributed by atoms with Crippen LogP contribution in [0.15, 0.2) is 17.4 Å². The van der Waals surface area contributed by atoms with Crippen molar-refractivity contribution < 1.29 is 14.4 Å². The molecule has 0 atom stereocenters. The summed E-state index contributed by atoms with van der Waals surface area (Å²) in [4.78, 5) is 42.7. The SMILES string of the molecule is O=c1[nH]cnc2c1ncn2CCCSCP(=O)([O-])[O-]. The van der Waals surface area contributed by atoms with E-state index in [9.17, 15) is 19.1 Å². The van der Waals surface area contributed by atoms with Gasteiger partial charge >= 0.3 is 0 Å². The van der Waals surface area contributed by atoms with Gasteiger partial charge in [-0.25, -0.2) is 9.97 Å². The molecule has 2 heterocycles. The molecule has 0 radical (unpaired) electrons. The van der Waals surface area contributed by atoms with Gasteiger partial charge in [0, 0.05) is 12.0 Å². The second-order valence-electron chi connectivity index (χ2n) is 3.84. The summed E-state index contributed by atoms with van der Waals surface area (Å²) < 4.78 is 12.1. The van der Waals surface area contributed by atoms with Gasteiger partial charge in [0.25, 0.3) is 5.56 Å². The van der Waals surface area contributed by atoms with E-state index in [0.29, 0.717) is 24.4 Å². The number of aromatic amines is 1. The van der Waals surface area contributed by atoms with Crippen LogP contribution in [0.3, 0.4) is 0 Å². The molecule has 0 bridgehead atoms. The smallest absolute Gasteiger partial charge is 0.278 e. The van der Waals surface area contributed by atoms with Crippen molar-refractivity contribution in [2.75, 3.05) is 11.2 Å². The van der Waals surface area contributed by atoms with Gasteiger partial charge in [0.1, 0.15) is 0 Å². The van der Waals surface area contributed by atoms with Gasteiger partial charge in [0.15, 0.2) is 11.2 Å². The molecule has 2 aromatic rings. The summed E-state index contributed by atoms with van der Waals surface area (Å²) in [6.07, 6.45) is 3.48. The maximum absolute atomic E-state index is 11.4. The van der Waals surface area contributed by atoms with Gasteiger partial charge in [0.2, 0.25) is 0 Å². The van der Waals surface area contributed by atoms with E-state index in [1.165, 1.54) is 12.7 Å². The third kappa shape index (κ3) is 3.90. The minimum absolute atomic E-state index is 0.277. The molecule has 0 unspecified atom stereocenters. The Kier molecular flexibility index (Phi) is 4.41. The van der Waals surface area contributed by atoms with E-state index in [4.69, 9.17) is 0 Å². The molecule has 19 heavy (non-hydrogen) atoms. The van der Waals surface area contributed by atoms with Crippen LogP contribution in [0.25, 0.3) is 11.2 Å².